The Labute approximate surface area is 106 Å². The lowest BCUT2D eigenvalue weighted by molar-refractivity contribution is 0.503. The van der Waals surface area contributed by atoms with E-state index in [-0.39, 0.29) is 0 Å². The Morgan fingerprint density at radius 3 is 2.71 bits per heavy atom. The van der Waals surface area contributed by atoms with E-state index < -0.39 is 0 Å². The van der Waals surface area contributed by atoms with Gasteiger partial charge < -0.3 is 5.32 Å². The Morgan fingerprint density at radius 2 is 2.06 bits per heavy atom. The number of aryl methyl sites for hydroxylation is 2. The van der Waals surface area contributed by atoms with Gasteiger partial charge in [0.1, 0.15) is 0 Å². The molecule has 1 N–H and O–H groups in total. The summed E-state index contributed by atoms with van der Waals surface area (Å²) >= 11 is 0. The van der Waals surface area contributed by atoms with Crippen LogP contribution in [0.1, 0.15) is 37.8 Å². The molecule has 92 valence electrons. The molecule has 1 heteroatoms. The smallest absolute Gasteiger partial charge is 0.0243 e. The molecule has 0 aliphatic heterocycles. The fraction of sp³-hybridized carbons (Fsp3) is 0.500. The van der Waals surface area contributed by atoms with Crippen LogP contribution in [0.2, 0.25) is 0 Å². The molecule has 1 rings (SSSR count). The molecule has 1 nitrogen and oxygen atoms in total. The third kappa shape index (κ3) is 5.06. The molecule has 0 fully saturated rings. The lowest BCUT2D eigenvalue weighted by atomic mass is 9.99. The third-order valence-electron chi connectivity index (χ3n) is 3.04. The van der Waals surface area contributed by atoms with Gasteiger partial charge in [-0.05, 0) is 44.4 Å². The van der Waals surface area contributed by atoms with Gasteiger partial charge in [0, 0.05) is 12.5 Å². The van der Waals surface area contributed by atoms with Gasteiger partial charge in [-0.2, -0.15) is 0 Å². The highest BCUT2D eigenvalue weighted by Gasteiger charge is 2.06. The standard InChI is InChI=1S/C16H23N/c1-4-6-11-16(17-5-2)13-12-15-10-8-7-9-14(15)3/h7-10,16-17H,5,11-13H2,1-3H3. The van der Waals surface area contributed by atoms with Crippen LogP contribution < -0.4 is 5.32 Å². The fourth-order valence-electron chi connectivity index (χ4n) is 2.01. The van der Waals surface area contributed by atoms with Crippen molar-refractivity contribution in [3.05, 3.63) is 35.4 Å². The van der Waals surface area contributed by atoms with Gasteiger partial charge in [0.05, 0.1) is 0 Å². The zero-order chi connectivity index (χ0) is 12.5. The SMILES string of the molecule is CC#CCC(CCc1ccccc1C)NCC. The van der Waals surface area contributed by atoms with Crippen LogP contribution in [0.25, 0.3) is 0 Å². The first kappa shape index (κ1) is 13.8. The molecule has 1 aromatic rings. The average Bonchev–Trinajstić information content (AvgIpc) is 2.34. The summed E-state index contributed by atoms with van der Waals surface area (Å²) in [4.78, 5) is 0. The van der Waals surface area contributed by atoms with Crippen molar-refractivity contribution in [3.63, 3.8) is 0 Å². The van der Waals surface area contributed by atoms with E-state index in [2.05, 4.69) is 55.3 Å². The molecule has 0 radical (unpaired) electrons. The lowest BCUT2D eigenvalue weighted by Gasteiger charge is -2.15. The van der Waals surface area contributed by atoms with Crippen molar-refractivity contribution in [1.82, 2.24) is 5.32 Å². The van der Waals surface area contributed by atoms with E-state index in [1.54, 1.807) is 0 Å². The molecule has 0 saturated carbocycles. The second kappa shape index (κ2) is 7.92. The van der Waals surface area contributed by atoms with E-state index in [1.807, 2.05) is 6.92 Å². The summed E-state index contributed by atoms with van der Waals surface area (Å²) in [5.41, 5.74) is 2.85. The van der Waals surface area contributed by atoms with E-state index >= 15 is 0 Å². The van der Waals surface area contributed by atoms with Crippen LogP contribution in [0.5, 0.6) is 0 Å². The zero-order valence-electron chi connectivity index (χ0n) is 11.2. The number of nitrogens with one attached hydrogen (secondary N) is 1. The van der Waals surface area contributed by atoms with E-state index in [1.165, 1.54) is 11.1 Å². The molecule has 1 unspecified atom stereocenters. The van der Waals surface area contributed by atoms with Gasteiger partial charge in [-0.25, -0.2) is 0 Å². The molecule has 0 heterocycles. The van der Waals surface area contributed by atoms with Crippen molar-refractivity contribution in [3.8, 4) is 11.8 Å². The molecule has 0 spiro atoms. The maximum Gasteiger partial charge on any atom is 0.0243 e. The highest BCUT2D eigenvalue weighted by Crippen LogP contribution is 2.11. The van der Waals surface area contributed by atoms with Crippen LogP contribution >= 0.6 is 0 Å². The molecular weight excluding hydrogens is 206 g/mol. The second-order valence-electron chi connectivity index (χ2n) is 4.35. The van der Waals surface area contributed by atoms with E-state index in [0.29, 0.717) is 6.04 Å². The summed E-state index contributed by atoms with van der Waals surface area (Å²) in [5.74, 6) is 6.15. The third-order valence-corrected chi connectivity index (χ3v) is 3.04. The van der Waals surface area contributed by atoms with E-state index in [4.69, 9.17) is 0 Å². The molecule has 0 saturated heterocycles. The molecule has 0 aromatic heterocycles. The highest BCUT2D eigenvalue weighted by molar-refractivity contribution is 5.25. The normalized spacial score (nSPS) is 11.7. The van der Waals surface area contributed by atoms with Gasteiger partial charge in [0.2, 0.25) is 0 Å². The number of benzene rings is 1. The van der Waals surface area contributed by atoms with Crippen LogP contribution in [-0.2, 0) is 6.42 Å². The first-order valence-corrected chi connectivity index (χ1v) is 6.45. The maximum atomic E-state index is 3.50. The molecular formula is C16H23N. The molecule has 17 heavy (non-hydrogen) atoms. The second-order valence-corrected chi connectivity index (χ2v) is 4.35. The summed E-state index contributed by atoms with van der Waals surface area (Å²) in [6.07, 6.45) is 3.25. The van der Waals surface area contributed by atoms with Crippen molar-refractivity contribution < 1.29 is 0 Å². The monoisotopic (exact) mass is 229 g/mol. The predicted molar refractivity (Wildman–Crippen MR) is 75.0 cm³/mol. The first-order chi connectivity index (χ1) is 8.27. The van der Waals surface area contributed by atoms with E-state index in [9.17, 15) is 0 Å². The topological polar surface area (TPSA) is 12.0 Å². The average molecular weight is 229 g/mol. The Hall–Kier alpha value is -1.26. The van der Waals surface area contributed by atoms with Crippen LogP contribution in [0.15, 0.2) is 24.3 Å². The van der Waals surface area contributed by atoms with Crippen LogP contribution in [-0.4, -0.2) is 12.6 Å². The quantitative estimate of drug-likeness (QED) is 0.738. The minimum absolute atomic E-state index is 0.520. The van der Waals surface area contributed by atoms with Gasteiger partial charge in [-0.3, -0.25) is 0 Å². The molecule has 0 aliphatic rings. The van der Waals surface area contributed by atoms with Crippen molar-refractivity contribution in [2.24, 2.45) is 0 Å². The number of hydrogen-bond acceptors (Lipinski definition) is 1. The highest BCUT2D eigenvalue weighted by atomic mass is 14.9. The molecule has 0 aliphatic carbocycles. The van der Waals surface area contributed by atoms with Gasteiger partial charge in [-0.1, -0.05) is 31.2 Å². The Kier molecular flexibility index (Phi) is 6.43. The summed E-state index contributed by atoms with van der Waals surface area (Å²) in [7, 11) is 0. The first-order valence-electron chi connectivity index (χ1n) is 6.45. The molecule has 1 atom stereocenters. The Bertz CT molecular complexity index is 384. The van der Waals surface area contributed by atoms with Gasteiger partial charge >= 0.3 is 0 Å². The molecule has 0 amide bonds. The van der Waals surface area contributed by atoms with Crippen LogP contribution in [0.4, 0.5) is 0 Å². The summed E-state index contributed by atoms with van der Waals surface area (Å²) in [5, 5.41) is 3.50. The Balaban J connectivity index is 2.50. The van der Waals surface area contributed by atoms with Crippen molar-refractivity contribution in [2.75, 3.05) is 6.54 Å². The minimum atomic E-state index is 0.520. The summed E-state index contributed by atoms with van der Waals surface area (Å²) < 4.78 is 0. The fourth-order valence-corrected chi connectivity index (χ4v) is 2.01. The maximum absolute atomic E-state index is 3.50. The minimum Gasteiger partial charge on any atom is -0.313 e. The van der Waals surface area contributed by atoms with E-state index in [0.717, 1.165) is 25.8 Å². The predicted octanol–water partition coefficient (Wildman–Crippen LogP) is 3.32. The zero-order valence-corrected chi connectivity index (χ0v) is 11.2. The lowest BCUT2D eigenvalue weighted by Crippen LogP contribution is -2.29. The van der Waals surface area contributed by atoms with Crippen molar-refractivity contribution >= 4 is 0 Å². The van der Waals surface area contributed by atoms with Crippen molar-refractivity contribution in [1.29, 1.82) is 0 Å². The largest absolute Gasteiger partial charge is 0.313 e. The van der Waals surface area contributed by atoms with Gasteiger partial charge in [0.15, 0.2) is 0 Å². The van der Waals surface area contributed by atoms with Gasteiger partial charge in [0.25, 0.3) is 0 Å². The summed E-state index contributed by atoms with van der Waals surface area (Å²) in [6, 6.07) is 9.15. The Morgan fingerprint density at radius 1 is 1.29 bits per heavy atom. The van der Waals surface area contributed by atoms with Crippen molar-refractivity contribution in [2.45, 2.75) is 46.1 Å². The molecule has 0 bridgehead atoms. The number of rotatable bonds is 6. The van der Waals surface area contributed by atoms with Crippen LogP contribution in [0.3, 0.4) is 0 Å². The number of hydrogen-bond donors (Lipinski definition) is 1. The van der Waals surface area contributed by atoms with Gasteiger partial charge in [-0.15, -0.1) is 11.8 Å². The summed E-state index contributed by atoms with van der Waals surface area (Å²) in [6.45, 7) is 7.26. The molecule has 1 aromatic carbocycles. The van der Waals surface area contributed by atoms with Crippen LogP contribution in [0, 0.1) is 18.8 Å².